The molecule has 0 saturated heterocycles. The summed E-state index contributed by atoms with van der Waals surface area (Å²) >= 11 is 0. The largest absolute Gasteiger partial charge is 0.450 e. The van der Waals surface area contributed by atoms with Gasteiger partial charge in [0.15, 0.2) is 23.8 Å². The molecule has 0 heterocycles. The fraction of sp³-hybridized carbons (Fsp3) is 0.731. The first-order valence-corrected chi connectivity index (χ1v) is 12.2. The summed E-state index contributed by atoms with van der Waals surface area (Å²) in [6.45, 7) is 5.34. The fourth-order valence-corrected chi connectivity index (χ4v) is 8.01. The molecule has 4 rings (SSSR count). The van der Waals surface area contributed by atoms with E-state index in [1.807, 2.05) is 0 Å². The first-order valence-electron chi connectivity index (χ1n) is 12.2. The van der Waals surface area contributed by atoms with E-state index in [1.54, 1.807) is 20.8 Å². The molecule has 0 aliphatic heterocycles. The van der Waals surface area contributed by atoms with Gasteiger partial charge in [-0.2, -0.15) is 0 Å². The van der Waals surface area contributed by atoms with Crippen LogP contribution in [-0.2, 0) is 19.1 Å². The number of hydrogen-bond acceptors (Lipinski definition) is 5. The highest BCUT2D eigenvalue weighted by molar-refractivity contribution is 6.04. The fourth-order valence-electron chi connectivity index (χ4n) is 8.01. The number of halogens is 3. The third-order valence-corrected chi connectivity index (χ3v) is 9.54. The number of allylic oxidation sites excluding steroid dienone is 4. The van der Waals surface area contributed by atoms with Crippen molar-refractivity contribution in [2.24, 2.45) is 28.6 Å². The molecule has 188 valence electrons. The highest BCUT2D eigenvalue weighted by Crippen LogP contribution is 2.71. The van der Waals surface area contributed by atoms with E-state index in [9.17, 15) is 28.3 Å². The Hall–Kier alpha value is -1.96. The second kappa shape index (κ2) is 8.04. The highest BCUT2D eigenvalue weighted by Gasteiger charge is 2.77. The van der Waals surface area contributed by atoms with Crippen molar-refractivity contribution in [3.63, 3.8) is 0 Å². The van der Waals surface area contributed by atoms with E-state index in [0.29, 0.717) is 12.8 Å². The number of ether oxygens (including phenoxy) is 1. The molecule has 0 amide bonds. The smallest absolute Gasteiger partial charge is 0.306 e. The second-order valence-electron chi connectivity index (χ2n) is 11.0. The molecule has 4 aliphatic carbocycles. The number of Topliss-reactive ketones (excluding diaryl/α,β-unsaturated/α-hetero) is 1. The lowest BCUT2D eigenvalue weighted by Gasteiger charge is -2.62. The zero-order chi connectivity index (χ0) is 25.3. The zero-order valence-electron chi connectivity index (χ0n) is 20.1. The topological polar surface area (TPSA) is 80.7 Å². The van der Waals surface area contributed by atoms with E-state index in [4.69, 9.17) is 4.74 Å². The molecule has 0 aromatic rings. The van der Waals surface area contributed by atoms with E-state index < -0.39 is 76.0 Å². The maximum atomic E-state index is 17.2. The van der Waals surface area contributed by atoms with E-state index in [0.717, 1.165) is 6.08 Å². The summed E-state index contributed by atoms with van der Waals surface area (Å²) in [6, 6.07) is 0. The van der Waals surface area contributed by atoms with Crippen LogP contribution in [0.4, 0.5) is 13.2 Å². The van der Waals surface area contributed by atoms with Crippen LogP contribution in [0.25, 0.3) is 0 Å². The second-order valence-corrected chi connectivity index (χ2v) is 11.0. The zero-order valence-corrected chi connectivity index (χ0v) is 20.1. The number of aliphatic hydroxyl groups is 1. The molecule has 1 N–H and O–H groups in total. The number of ketones is 2. The van der Waals surface area contributed by atoms with Crippen LogP contribution in [0, 0.1) is 28.6 Å². The van der Waals surface area contributed by atoms with Crippen LogP contribution in [0.2, 0.25) is 0 Å². The predicted octanol–water partition coefficient (Wildman–Crippen LogP) is 4.52. The molecule has 34 heavy (non-hydrogen) atoms. The molecule has 0 aromatic carbocycles. The van der Waals surface area contributed by atoms with Crippen molar-refractivity contribution in [3.8, 4) is 0 Å². The van der Waals surface area contributed by atoms with Gasteiger partial charge in [0.2, 0.25) is 11.6 Å². The first kappa shape index (κ1) is 25.1. The standard InChI is InChI=1S/C26H33F3O5/c1-5-6-21(33)34-26(20(32)13-27)14(2)11-17-15-7-8-16-22(28)18(30)9-10-23(16,3)25(15,29)19(31)12-24(17,26)4/h9-10,14-15,17,19,31H,5-8,11-13H2,1-4H3/t14?,15-,17-,19?,23-,24-,25-,26-/m0/s1. The van der Waals surface area contributed by atoms with Gasteiger partial charge in [-0.05, 0) is 56.6 Å². The molecule has 0 aromatic heterocycles. The van der Waals surface area contributed by atoms with Crippen LogP contribution in [-0.4, -0.2) is 46.7 Å². The molecule has 8 atom stereocenters. The molecule has 5 nitrogen and oxygen atoms in total. The van der Waals surface area contributed by atoms with E-state index >= 15 is 4.39 Å². The van der Waals surface area contributed by atoms with Crippen molar-refractivity contribution >= 4 is 17.5 Å². The summed E-state index contributed by atoms with van der Waals surface area (Å²) in [5, 5.41) is 11.4. The number of carbonyl (C=O) groups excluding carboxylic acids is 3. The van der Waals surface area contributed by atoms with Gasteiger partial charge in [-0.3, -0.25) is 14.4 Å². The average Bonchev–Trinajstić information content (AvgIpc) is 2.99. The molecule has 4 aliphatic rings. The van der Waals surface area contributed by atoms with Crippen LogP contribution in [0.15, 0.2) is 23.6 Å². The summed E-state index contributed by atoms with van der Waals surface area (Å²) in [4.78, 5) is 37.7. The third kappa shape index (κ3) is 2.86. The van der Waals surface area contributed by atoms with Gasteiger partial charge < -0.3 is 9.84 Å². The Morgan fingerprint density at radius 1 is 1.26 bits per heavy atom. The van der Waals surface area contributed by atoms with Gasteiger partial charge in [0, 0.05) is 29.1 Å². The Labute approximate surface area is 197 Å². The summed E-state index contributed by atoms with van der Waals surface area (Å²) < 4.78 is 51.7. The van der Waals surface area contributed by atoms with Crippen molar-refractivity contribution in [1.82, 2.24) is 0 Å². The number of alkyl halides is 2. The summed E-state index contributed by atoms with van der Waals surface area (Å²) in [5.74, 6) is -5.20. The molecular weight excluding hydrogens is 449 g/mol. The Morgan fingerprint density at radius 3 is 2.56 bits per heavy atom. The monoisotopic (exact) mass is 482 g/mol. The van der Waals surface area contributed by atoms with Crippen LogP contribution in [0.3, 0.4) is 0 Å². The minimum absolute atomic E-state index is 0.0490. The maximum absolute atomic E-state index is 17.2. The van der Waals surface area contributed by atoms with Crippen molar-refractivity contribution in [3.05, 3.63) is 23.6 Å². The normalized spacial score (nSPS) is 45.5. The highest BCUT2D eigenvalue weighted by atomic mass is 19.1. The van der Waals surface area contributed by atoms with Crippen molar-refractivity contribution in [2.45, 2.75) is 83.6 Å². The van der Waals surface area contributed by atoms with Gasteiger partial charge in [0.05, 0.1) is 6.10 Å². The van der Waals surface area contributed by atoms with Gasteiger partial charge in [0.25, 0.3) is 0 Å². The van der Waals surface area contributed by atoms with Gasteiger partial charge in [-0.15, -0.1) is 0 Å². The number of aliphatic hydroxyl groups excluding tert-OH is 1. The Balaban J connectivity index is 1.85. The van der Waals surface area contributed by atoms with E-state index in [-0.39, 0.29) is 31.3 Å². The van der Waals surface area contributed by atoms with Crippen LogP contribution >= 0.6 is 0 Å². The van der Waals surface area contributed by atoms with E-state index in [2.05, 4.69) is 0 Å². The number of carbonyl (C=O) groups is 3. The molecule has 3 saturated carbocycles. The first-order chi connectivity index (χ1) is 15.8. The number of fused-ring (bicyclic) bond motifs is 5. The number of esters is 1. The van der Waals surface area contributed by atoms with E-state index in [1.165, 1.54) is 13.0 Å². The molecule has 3 fully saturated rings. The maximum Gasteiger partial charge on any atom is 0.306 e. The van der Waals surface area contributed by atoms with Gasteiger partial charge in [-0.25, -0.2) is 13.2 Å². The molecule has 0 radical (unpaired) electrons. The lowest BCUT2D eigenvalue weighted by atomic mass is 9.44. The molecular formula is C26H33F3O5. The van der Waals surface area contributed by atoms with Crippen LogP contribution < -0.4 is 0 Å². The van der Waals surface area contributed by atoms with Crippen LogP contribution in [0.5, 0.6) is 0 Å². The molecule has 0 bridgehead atoms. The Morgan fingerprint density at radius 2 is 1.94 bits per heavy atom. The number of rotatable bonds is 5. The van der Waals surface area contributed by atoms with Gasteiger partial charge in [-0.1, -0.05) is 26.8 Å². The van der Waals surface area contributed by atoms with Gasteiger partial charge in [0.1, 0.15) is 0 Å². The van der Waals surface area contributed by atoms with Crippen molar-refractivity contribution < 1.29 is 37.4 Å². The molecule has 0 spiro atoms. The molecule has 2 unspecified atom stereocenters. The average molecular weight is 483 g/mol. The summed E-state index contributed by atoms with van der Waals surface area (Å²) in [6.07, 6.45) is 1.58. The quantitative estimate of drug-likeness (QED) is 0.583. The SMILES string of the molecule is CCCC(=O)O[C@]1(C(=O)CF)C(C)C[C@H]2[C@@H]3CCC4=C(F)C(=O)C=C[C@]4(C)[C@@]3(F)C(O)C[C@@]21C. The Bertz CT molecular complexity index is 991. The lowest BCUT2D eigenvalue weighted by Crippen LogP contribution is -2.70. The van der Waals surface area contributed by atoms with Crippen molar-refractivity contribution in [2.75, 3.05) is 6.67 Å². The Kier molecular flexibility index (Phi) is 5.94. The van der Waals surface area contributed by atoms with Gasteiger partial charge >= 0.3 is 5.97 Å². The minimum Gasteiger partial charge on any atom is -0.450 e. The summed E-state index contributed by atoms with van der Waals surface area (Å²) in [5.41, 5.74) is -6.81. The summed E-state index contributed by atoms with van der Waals surface area (Å²) in [7, 11) is 0. The van der Waals surface area contributed by atoms with Crippen molar-refractivity contribution in [1.29, 1.82) is 0 Å². The third-order valence-electron chi connectivity index (χ3n) is 9.54. The number of hydrogen-bond donors (Lipinski definition) is 1. The van der Waals surface area contributed by atoms with Crippen LogP contribution in [0.1, 0.15) is 66.2 Å². The minimum atomic E-state index is -2.30. The lowest BCUT2D eigenvalue weighted by molar-refractivity contribution is -0.228. The predicted molar refractivity (Wildman–Crippen MR) is 118 cm³/mol. The molecule has 8 heteroatoms.